The maximum absolute atomic E-state index is 5.53. The Hall–Kier alpha value is -3.11. The fourth-order valence-corrected chi connectivity index (χ4v) is 11.3. The Morgan fingerprint density at radius 1 is 0.647 bits per heavy atom. The summed E-state index contributed by atoms with van der Waals surface area (Å²) in [5, 5.41) is 4.37. The lowest BCUT2D eigenvalue weighted by Crippen LogP contribution is -2.33. The molecule has 2 bridgehead atoms. The van der Waals surface area contributed by atoms with Crippen LogP contribution in [-0.2, 0) is 5.54 Å². The van der Waals surface area contributed by atoms with E-state index in [9.17, 15) is 0 Å². The molecule has 4 aromatic carbocycles. The van der Waals surface area contributed by atoms with Gasteiger partial charge in [-0.05, 0) is 47.7 Å². The van der Waals surface area contributed by atoms with Crippen molar-refractivity contribution in [2.24, 2.45) is 4.99 Å². The Morgan fingerprint density at radius 3 is 1.71 bits per heavy atom. The lowest BCUT2D eigenvalue weighted by atomic mass is 9.84. The highest BCUT2D eigenvalue weighted by Crippen LogP contribution is 2.71. The van der Waals surface area contributed by atoms with Gasteiger partial charge in [0.15, 0.2) is 0 Å². The highest BCUT2D eigenvalue weighted by molar-refractivity contribution is 7.97. The van der Waals surface area contributed by atoms with E-state index in [-0.39, 0.29) is 0 Å². The predicted molar refractivity (Wildman–Crippen MR) is 149 cm³/mol. The van der Waals surface area contributed by atoms with E-state index in [0.717, 1.165) is 0 Å². The molecule has 4 aromatic rings. The van der Waals surface area contributed by atoms with Crippen LogP contribution in [0, 0.1) is 0 Å². The third-order valence-corrected chi connectivity index (χ3v) is 12.3. The second-order valence-corrected chi connectivity index (χ2v) is 13.0. The van der Waals surface area contributed by atoms with Crippen LogP contribution in [0.3, 0.4) is 0 Å². The second kappa shape index (κ2) is 8.92. The quantitative estimate of drug-likeness (QED) is 0.263. The summed E-state index contributed by atoms with van der Waals surface area (Å²) >= 11 is 0. The van der Waals surface area contributed by atoms with Crippen LogP contribution >= 0.6 is 15.8 Å². The largest absolute Gasteiger partial charge is 0.264 e. The van der Waals surface area contributed by atoms with Crippen molar-refractivity contribution in [3.05, 3.63) is 155 Å². The number of benzene rings is 4. The molecule has 34 heavy (non-hydrogen) atoms. The lowest BCUT2D eigenvalue weighted by molar-refractivity contribution is 0.663. The van der Waals surface area contributed by atoms with Crippen LogP contribution < -0.4 is 10.6 Å². The van der Waals surface area contributed by atoms with E-state index in [1.165, 1.54) is 32.8 Å². The zero-order chi connectivity index (χ0) is 23.0. The molecule has 0 saturated heterocycles. The van der Waals surface area contributed by atoms with Gasteiger partial charge in [0.25, 0.3) is 0 Å². The summed E-state index contributed by atoms with van der Waals surface area (Å²) < 4.78 is 0. The number of hydrogen-bond donors (Lipinski definition) is 0. The zero-order valence-corrected chi connectivity index (χ0v) is 20.8. The number of rotatable bonds is 5. The van der Waals surface area contributed by atoms with Gasteiger partial charge in [0.2, 0.25) is 0 Å². The van der Waals surface area contributed by atoms with Crippen molar-refractivity contribution in [2.45, 2.75) is 12.5 Å². The molecule has 0 aromatic heterocycles. The molecule has 1 nitrogen and oxygen atoms in total. The summed E-state index contributed by atoms with van der Waals surface area (Å²) in [5.74, 6) is 2.47. The van der Waals surface area contributed by atoms with Crippen LogP contribution in [0.4, 0.5) is 0 Å². The van der Waals surface area contributed by atoms with Crippen LogP contribution in [-0.4, -0.2) is 5.45 Å². The molecule has 0 radical (unpaired) electrons. The third-order valence-electron chi connectivity index (χ3n) is 6.60. The van der Waals surface area contributed by atoms with Gasteiger partial charge in [-0.3, -0.25) is 4.99 Å². The predicted octanol–water partition coefficient (Wildman–Crippen LogP) is 7.72. The number of hydrogen-bond acceptors (Lipinski definition) is 1. The minimum Gasteiger partial charge on any atom is -0.264 e. The topological polar surface area (TPSA) is 12.4 Å². The summed E-state index contributed by atoms with van der Waals surface area (Å²) in [6.07, 6.45) is 2.36. The highest BCUT2D eigenvalue weighted by Gasteiger charge is 2.46. The van der Waals surface area contributed by atoms with Crippen molar-refractivity contribution >= 4 is 31.9 Å². The average molecular weight is 473 g/mol. The van der Waals surface area contributed by atoms with Gasteiger partial charge in [-0.1, -0.05) is 127 Å². The van der Waals surface area contributed by atoms with Gasteiger partial charge in [0, 0.05) is 13.5 Å². The van der Waals surface area contributed by atoms with Gasteiger partial charge in [0.05, 0.1) is 5.45 Å². The number of nitrogens with zero attached hydrogens (tertiary/aromatic N) is 1. The molecular formula is C31H25NP2. The fraction of sp³-hybridized carbons (Fsp3) is 0.0645. The highest BCUT2D eigenvalue weighted by atomic mass is 31.2. The summed E-state index contributed by atoms with van der Waals surface area (Å²) in [6.45, 7) is 2.33. The Labute approximate surface area is 204 Å². The molecule has 164 valence electrons. The van der Waals surface area contributed by atoms with Crippen molar-refractivity contribution in [1.29, 1.82) is 0 Å². The molecule has 3 aliphatic rings. The molecular weight excluding hydrogens is 448 g/mol. The average Bonchev–Trinajstić information content (AvgIpc) is 2.93. The van der Waals surface area contributed by atoms with Crippen molar-refractivity contribution < 1.29 is 0 Å². The molecule has 2 unspecified atom stereocenters. The first-order chi connectivity index (χ1) is 16.8. The smallest absolute Gasteiger partial charge is 0.127 e. The molecule has 3 heterocycles. The van der Waals surface area contributed by atoms with Gasteiger partial charge in [-0.25, -0.2) is 0 Å². The molecule has 3 aliphatic heterocycles. The van der Waals surface area contributed by atoms with Crippen LogP contribution in [0.1, 0.15) is 18.1 Å². The van der Waals surface area contributed by atoms with E-state index in [1.54, 1.807) is 5.06 Å². The Balaban J connectivity index is 1.63. The molecule has 0 spiro atoms. The Bertz CT molecular complexity index is 1350. The van der Waals surface area contributed by atoms with E-state index in [1.807, 2.05) is 0 Å². The van der Waals surface area contributed by atoms with Crippen LogP contribution in [0.2, 0.25) is 0 Å². The van der Waals surface area contributed by atoms with Crippen molar-refractivity contribution in [1.82, 2.24) is 0 Å². The van der Waals surface area contributed by atoms with Gasteiger partial charge in [0.1, 0.15) is 5.54 Å². The van der Waals surface area contributed by atoms with Gasteiger partial charge < -0.3 is 0 Å². The Morgan fingerprint density at radius 2 is 1.15 bits per heavy atom. The van der Waals surface area contributed by atoms with Crippen molar-refractivity contribution in [3.8, 4) is 0 Å². The van der Waals surface area contributed by atoms with Crippen molar-refractivity contribution in [2.75, 3.05) is 0 Å². The second-order valence-electron chi connectivity index (χ2n) is 8.57. The van der Waals surface area contributed by atoms with Gasteiger partial charge in [-0.2, -0.15) is 0 Å². The normalized spacial score (nSPS) is 21.1. The summed E-state index contributed by atoms with van der Waals surface area (Å²) in [6, 6.07) is 43.7. The summed E-state index contributed by atoms with van der Waals surface area (Å²) in [4.78, 5) is 5.53. The maximum atomic E-state index is 5.53. The van der Waals surface area contributed by atoms with Crippen LogP contribution in [0.25, 0.3) is 0 Å². The minimum atomic E-state index is -0.686. The van der Waals surface area contributed by atoms with E-state index >= 15 is 0 Å². The molecule has 0 N–H and O–H groups in total. The molecule has 3 heteroatoms. The first-order valence-electron chi connectivity index (χ1n) is 11.6. The summed E-state index contributed by atoms with van der Waals surface area (Å²) in [7, 11) is -1.36. The standard InChI is InChI=1S/C31H25NP2/c1-24-30(34(27-18-10-4-11-19-27)28-20-12-5-13-21-28)33-23-22-31(24,26-16-8-3-9-17-26)32-29(33)25-14-6-2-7-15-25/h2-23H,1H3. The molecule has 0 amide bonds. The van der Waals surface area contributed by atoms with E-state index in [0.29, 0.717) is 0 Å². The fourth-order valence-electron chi connectivity index (χ4n) is 4.93. The molecule has 0 saturated carbocycles. The van der Waals surface area contributed by atoms with Gasteiger partial charge in [-0.15, -0.1) is 0 Å². The van der Waals surface area contributed by atoms with Crippen LogP contribution in [0.15, 0.2) is 149 Å². The van der Waals surface area contributed by atoms with Crippen LogP contribution in [0.5, 0.6) is 0 Å². The SMILES string of the molecule is CC1=C(P(c2ccccc2)c2ccccc2)P2C=CC1(c1ccccc1)N=C2c1ccccc1. The van der Waals surface area contributed by atoms with E-state index in [4.69, 9.17) is 4.99 Å². The lowest BCUT2D eigenvalue weighted by Gasteiger charge is -2.45. The molecule has 7 rings (SSSR count). The van der Waals surface area contributed by atoms with E-state index in [2.05, 4.69) is 140 Å². The third kappa shape index (κ3) is 3.52. The summed E-state index contributed by atoms with van der Waals surface area (Å²) in [5.41, 5.74) is 4.65. The minimum absolute atomic E-state index is 0.455. The monoisotopic (exact) mass is 473 g/mol. The molecule has 2 atom stereocenters. The first kappa shape index (κ1) is 21.4. The molecule has 0 fully saturated rings. The Kier molecular flexibility index (Phi) is 5.62. The number of aliphatic imine (C=N–C) groups is 1. The zero-order valence-electron chi connectivity index (χ0n) is 19.0. The first-order valence-corrected chi connectivity index (χ1v) is 14.3. The van der Waals surface area contributed by atoms with E-state index < -0.39 is 21.4 Å². The molecule has 0 aliphatic carbocycles. The van der Waals surface area contributed by atoms with Crippen molar-refractivity contribution in [3.63, 3.8) is 0 Å². The van der Waals surface area contributed by atoms with Gasteiger partial charge >= 0.3 is 0 Å². The maximum Gasteiger partial charge on any atom is 0.127 e.